The van der Waals surface area contributed by atoms with Crippen LogP contribution in [0.3, 0.4) is 0 Å². The number of hydrogen-bond acceptors (Lipinski definition) is 5. The summed E-state index contributed by atoms with van der Waals surface area (Å²) in [7, 11) is 1.70. The molecule has 1 saturated heterocycles. The van der Waals surface area contributed by atoms with Crippen LogP contribution in [0, 0.1) is 12.8 Å². The topological polar surface area (TPSA) is 67.6 Å². The summed E-state index contributed by atoms with van der Waals surface area (Å²) in [4.78, 5) is 19.0. The summed E-state index contributed by atoms with van der Waals surface area (Å²) in [6.45, 7) is 5.66. The molecule has 2 heterocycles. The van der Waals surface area contributed by atoms with E-state index in [9.17, 15) is 4.79 Å². The third kappa shape index (κ3) is 3.71. The van der Waals surface area contributed by atoms with Gasteiger partial charge in [0.15, 0.2) is 5.58 Å². The number of hydrogen-bond donors (Lipinski definition) is 1. The summed E-state index contributed by atoms with van der Waals surface area (Å²) in [5, 5.41) is 2.94. The number of methoxy groups -OCH3 is 1. The van der Waals surface area contributed by atoms with Gasteiger partial charge in [-0.2, -0.15) is 0 Å². The average molecular weight is 317 g/mol. The van der Waals surface area contributed by atoms with Crippen LogP contribution < -0.4 is 5.32 Å². The van der Waals surface area contributed by atoms with Gasteiger partial charge < -0.3 is 19.4 Å². The minimum atomic E-state index is 0.0398. The number of rotatable bonds is 6. The van der Waals surface area contributed by atoms with Gasteiger partial charge in [-0.25, -0.2) is 4.98 Å². The highest BCUT2D eigenvalue weighted by molar-refractivity contribution is 5.79. The molecule has 1 aromatic carbocycles. The highest BCUT2D eigenvalue weighted by Crippen LogP contribution is 2.19. The summed E-state index contributed by atoms with van der Waals surface area (Å²) in [5.41, 5.74) is 2.71. The van der Waals surface area contributed by atoms with Gasteiger partial charge in [-0.1, -0.05) is 12.1 Å². The molecule has 3 rings (SSSR count). The first-order valence-electron chi connectivity index (χ1n) is 8.01. The summed E-state index contributed by atoms with van der Waals surface area (Å²) >= 11 is 0. The van der Waals surface area contributed by atoms with Crippen LogP contribution in [0.4, 0.5) is 0 Å². The third-order valence-electron chi connectivity index (χ3n) is 4.33. The molecule has 0 saturated carbocycles. The average Bonchev–Trinajstić information content (AvgIpc) is 3.18. The number of benzene rings is 1. The molecule has 1 aromatic heterocycles. The van der Waals surface area contributed by atoms with Crippen molar-refractivity contribution in [3.63, 3.8) is 0 Å². The van der Waals surface area contributed by atoms with E-state index in [1.807, 2.05) is 25.1 Å². The standard InChI is InChI=1S/C17H23N3O3/c1-12-4-3-5-14-16(12)19-15(23-14)10-18-17(21)13-6-7-20(11-13)8-9-22-2/h3-5,13H,6-11H2,1-2H3,(H,18,21)/t13-/m1/s1. The molecule has 1 amide bonds. The Morgan fingerprint density at radius 3 is 3.17 bits per heavy atom. The van der Waals surface area contributed by atoms with Crippen molar-refractivity contribution < 1.29 is 13.9 Å². The van der Waals surface area contributed by atoms with Crippen molar-refractivity contribution in [1.29, 1.82) is 0 Å². The number of aromatic nitrogens is 1. The number of likely N-dealkylation sites (tertiary alicyclic amines) is 1. The molecular weight excluding hydrogens is 294 g/mol. The molecule has 2 aromatic rings. The summed E-state index contributed by atoms with van der Waals surface area (Å²) in [5.74, 6) is 0.666. The molecule has 0 radical (unpaired) electrons. The summed E-state index contributed by atoms with van der Waals surface area (Å²) in [6, 6.07) is 5.84. The maximum atomic E-state index is 12.3. The van der Waals surface area contributed by atoms with Gasteiger partial charge in [-0.15, -0.1) is 0 Å². The monoisotopic (exact) mass is 317 g/mol. The first kappa shape index (κ1) is 16.0. The third-order valence-corrected chi connectivity index (χ3v) is 4.33. The van der Waals surface area contributed by atoms with Gasteiger partial charge in [0.25, 0.3) is 0 Å². The van der Waals surface area contributed by atoms with Gasteiger partial charge in [-0.05, 0) is 31.5 Å². The lowest BCUT2D eigenvalue weighted by molar-refractivity contribution is -0.124. The molecule has 23 heavy (non-hydrogen) atoms. The van der Waals surface area contributed by atoms with Crippen molar-refractivity contribution >= 4 is 17.0 Å². The zero-order chi connectivity index (χ0) is 16.2. The second-order valence-electron chi connectivity index (χ2n) is 6.03. The van der Waals surface area contributed by atoms with Crippen molar-refractivity contribution in [2.45, 2.75) is 19.9 Å². The van der Waals surface area contributed by atoms with Crippen LogP contribution in [0.25, 0.3) is 11.1 Å². The first-order chi connectivity index (χ1) is 11.2. The molecule has 0 spiro atoms. The van der Waals surface area contributed by atoms with E-state index >= 15 is 0 Å². The maximum absolute atomic E-state index is 12.3. The normalized spacial score (nSPS) is 18.6. The first-order valence-corrected chi connectivity index (χ1v) is 8.01. The van der Waals surface area contributed by atoms with E-state index in [-0.39, 0.29) is 11.8 Å². The number of nitrogens with zero attached hydrogens (tertiary/aromatic N) is 2. The fourth-order valence-corrected chi connectivity index (χ4v) is 2.98. The van der Waals surface area contributed by atoms with E-state index in [1.54, 1.807) is 7.11 Å². The predicted octanol–water partition coefficient (Wildman–Crippen LogP) is 1.72. The number of amides is 1. The SMILES string of the molecule is COCCN1CC[C@@H](C(=O)NCc2nc3c(C)cccc3o2)C1. The molecule has 1 N–H and O–H groups in total. The number of ether oxygens (including phenoxy) is 1. The summed E-state index contributed by atoms with van der Waals surface area (Å²) in [6.07, 6.45) is 0.891. The van der Waals surface area contributed by atoms with Gasteiger partial charge in [-0.3, -0.25) is 4.79 Å². The second-order valence-corrected chi connectivity index (χ2v) is 6.03. The van der Waals surface area contributed by atoms with Crippen molar-refractivity contribution in [3.8, 4) is 0 Å². The molecule has 0 unspecified atom stereocenters. The van der Waals surface area contributed by atoms with E-state index in [0.29, 0.717) is 19.0 Å². The Labute approximate surface area is 135 Å². The smallest absolute Gasteiger partial charge is 0.224 e. The Morgan fingerprint density at radius 1 is 1.52 bits per heavy atom. The van der Waals surface area contributed by atoms with E-state index in [1.165, 1.54) is 0 Å². The molecule has 6 nitrogen and oxygen atoms in total. The minimum Gasteiger partial charge on any atom is -0.439 e. The van der Waals surface area contributed by atoms with Crippen LogP contribution in [0.1, 0.15) is 17.9 Å². The number of para-hydroxylation sites is 1. The lowest BCUT2D eigenvalue weighted by Gasteiger charge is -2.14. The molecule has 6 heteroatoms. The van der Waals surface area contributed by atoms with Crippen LogP contribution in [0.2, 0.25) is 0 Å². The number of nitrogens with one attached hydrogen (secondary N) is 1. The van der Waals surface area contributed by atoms with E-state index < -0.39 is 0 Å². The van der Waals surface area contributed by atoms with Crippen molar-refractivity contribution in [2.24, 2.45) is 5.92 Å². The van der Waals surface area contributed by atoms with Gasteiger partial charge in [0.2, 0.25) is 11.8 Å². The maximum Gasteiger partial charge on any atom is 0.224 e. The quantitative estimate of drug-likeness (QED) is 0.878. The van der Waals surface area contributed by atoms with Crippen molar-refractivity contribution in [2.75, 3.05) is 33.4 Å². The van der Waals surface area contributed by atoms with Crippen LogP contribution >= 0.6 is 0 Å². The lowest BCUT2D eigenvalue weighted by atomic mass is 10.1. The second kappa shape index (κ2) is 7.10. The zero-order valence-electron chi connectivity index (χ0n) is 13.7. The number of aryl methyl sites for hydroxylation is 1. The number of oxazole rings is 1. The number of carbonyl (C=O) groups excluding carboxylic acids is 1. The Hall–Kier alpha value is -1.92. The van der Waals surface area contributed by atoms with E-state index in [4.69, 9.17) is 9.15 Å². The molecule has 1 aliphatic rings. The van der Waals surface area contributed by atoms with Crippen LogP contribution in [-0.4, -0.2) is 49.1 Å². The Bertz CT molecular complexity index is 683. The fraction of sp³-hybridized carbons (Fsp3) is 0.529. The Morgan fingerprint density at radius 2 is 2.39 bits per heavy atom. The number of carbonyl (C=O) groups is 1. The lowest BCUT2D eigenvalue weighted by Crippen LogP contribution is -2.33. The minimum absolute atomic E-state index is 0.0398. The molecule has 0 aliphatic carbocycles. The molecular formula is C17H23N3O3. The zero-order valence-corrected chi connectivity index (χ0v) is 13.7. The van der Waals surface area contributed by atoms with E-state index in [2.05, 4.69) is 15.2 Å². The van der Waals surface area contributed by atoms with Gasteiger partial charge in [0, 0.05) is 20.2 Å². The highest BCUT2D eigenvalue weighted by atomic mass is 16.5. The van der Waals surface area contributed by atoms with Gasteiger partial charge >= 0.3 is 0 Å². The summed E-state index contributed by atoms with van der Waals surface area (Å²) < 4.78 is 10.8. The predicted molar refractivity (Wildman–Crippen MR) is 87.0 cm³/mol. The van der Waals surface area contributed by atoms with Gasteiger partial charge in [0.1, 0.15) is 5.52 Å². The van der Waals surface area contributed by atoms with Crippen molar-refractivity contribution in [3.05, 3.63) is 29.7 Å². The fourth-order valence-electron chi connectivity index (χ4n) is 2.98. The Kier molecular flexibility index (Phi) is 4.93. The Balaban J connectivity index is 1.53. The molecule has 1 atom stereocenters. The van der Waals surface area contributed by atoms with E-state index in [0.717, 1.165) is 42.7 Å². The van der Waals surface area contributed by atoms with Crippen LogP contribution in [0.15, 0.2) is 22.6 Å². The largest absolute Gasteiger partial charge is 0.439 e. The highest BCUT2D eigenvalue weighted by Gasteiger charge is 2.27. The molecule has 1 aliphatic heterocycles. The van der Waals surface area contributed by atoms with Gasteiger partial charge in [0.05, 0.1) is 19.1 Å². The molecule has 0 bridgehead atoms. The van der Waals surface area contributed by atoms with Crippen LogP contribution in [-0.2, 0) is 16.1 Å². The van der Waals surface area contributed by atoms with Crippen LogP contribution in [0.5, 0.6) is 0 Å². The molecule has 124 valence electrons. The number of fused-ring (bicyclic) bond motifs is 1. The molecule has 1 fully saturated rings. The van der Waals surface area contributed by atoms with Crippen molar-refractivity contribution in [1.82, 2.24) is 15.2 Å².